The number of halogens is 1. The third kappa shape index (κ3) is 3.66. The highest BCUT2D eigenvalue weighted by Crippen LogP contribution is 2.17. The van der Waals surface area contributed by atoms with E-state index >= 15 is 0 Å². The van der Waals surface area contributed by atoms with E-state index in [-0.39, 0.29) is 11.8 Å². The van der Waals surface area contributed by atoms with Gasteiger partial charge < -0.3 is 5.32 Å². The van der Waals surface area contributed by atoms with Crippen LogP contribution in [0.15, 0.2) is 16.6 Å². The summed E-state index contributed by atoms with van der Waals surface area (Å²) < 4.78 is 27.3. The molecule has 0 bridgehead atoms. The molecule has 1 unspecified atom stereocenters. The van der Waals surface area contributed by atoms with Crippen molar-refractivity contribution in [3.8, 4) is 0 Å². The fourth-order valence-electron chi connectivity index (χ4n) is 1.97. The van der Waals surface area contributed by atoms with Gasteiger partial charge in [-0.05, 0) is 54.4 Å². The third-order valence-corrected chi connectivity index (χ3v) is 5.06. The number of aromatic nitrogens is 1. The molecular formula is C11H16BrN3O2S. The zero-order chi connectivity index (χ0) is 13.2. The maximum Gasteiger partial charge on any atom is 0.235 e. The van der Waals surface area contributed by atoms with Gasteiger partial charge in [0, 0.05) is 10.5 Å². The second kappa shape index (κ2) is 5.54. The highest BCUT2D eigenvalue weighted by molar-refractivity contribution is 9.10. The molecular weight excluding hydrogens is 318 g/mol. The lowest BCUT2D eigenvalue weighted by atomic mass is 10.3. The number of hydrogen-bond acceptors (Lipinski definition) is 4. The number of pyridine rings is 1. The van der Waals surface area contributed by atoms with Gasteiger partial charge in [0.2, 0.25) is 10.0 Å². The standard InChI is InChI=1S/C11H16BrN3O2S/c1-8-10(12)4-5-11(14-8)15-18(16,17)7-9-3-2-6-13-9/h4-5,9,13H,2-3,6-7H2,1H3,(H,14,15). The molecule has 2 heterocycles. The van der Waals surface area contributed by atoms with Gasteiger partial charge in [-0.1, -0.05) is 0 Å². The molecule has 1 fully saturated rings. The molecule has 0 aliphatic carbocycles. The lowest BCUT2D eigenvalue weighted by Gasteiger charge is -2.12. The van der Waals surface area contributed by atoms with Gasteiger partial charge in [0.15, 0.2) is 0 Å². The Labute approximate surface area is 116 Å². The summed E-state index contributed by atoms with van der Waals surface area (Å²) in [5.74, 6) is 0.470. The molecule has 1 aromatic rings. The monoisotopic (exact) mass is 333 g/mol. The van der Waals surface area contributed by atoms with Crippen molar-refractivity contribution in [3.63, 3.8) is 0 Å². The van der Waals surface area contributed by atoms with Crippen molar-refractivity contribution in [1.82, 2.24) is 10.3 Å². The maximum atomic E-state index is 11.9. The highest BCUT2D eigenvalue weighted by atomic mass is 79.9. The van der Waals surface area contributed by atoms with Crippen molar-refractivity contribution in [2.45, 2.75) is 25.8 Å². The molecule has 2 N–H and O–H groups in total. The number of sulfonamides is 1. The number of nitrogens with one attached hydrogen (secondary N) is 2. The molecule has 0 aromatic carbocycles. The minimum Gasteiger partial charge on any atom is -0.313 e. The van der Waals surface area contributed by atoms with Crippen LogP contribution in [-0.2, 0) is 10.0 Å². The zero-order valence-corrected chi connectivity index (χ0v) is 12.5. The van der Waals surface area contributed by atoms with Gasteiger partial charge in [-0.15, -0.1) is 0 Å². The summed E-state index contributed by atoms with van der Waals surface area (Å²) in [4.78, 5) is 4.17. The van der Waals surface area contributed by atoms with Crippen LogP contribution in [0.25, 0.3) is 0 Å². The molecule has 0 amide bonds. The molecule has 18 heavy (non-hydrogen) atoms. The summed E-state index contributed by atoms with van der Waals surface area (Å²) in [6.07, 6.45) is 1.95. The zero-order valence-electron chi connectivity index (χ0n) is 10.1. The molecule has 1 saturated heterocycles. The Hall–Kier alpha value is -0.660. The molecule has 7 heteroatoms. The van der Waals surface area contributed by atoms with Crippen LogP contribution in [0.3, 0.4) is 0 Å². The van der Waals surface area contributed by atoms with Crippen LogP contribution >= 0.6 is 15.9 Å². The number of aryl methyl sites for hydroxylation is 1. The predicted molar refractivity (Wildman–Crippen MR) is 75.1 cm³/mol. The van der Waals surface area contributed by atoms with Crippen LogP contribution in [0.2, 0.25) is 0 Å². The smallest absolute Gasteiger partial charge is 0.235 e. The molecule has 100 valence electrons. The lowest BCUT2D eigenvalue weighted by molar-refractivity contribution is 0.581. The number of hydrogen-bond donors (Lipinski definition) is 2. The fraction of sp³-hybridized carbons (Fsp3) is 0.545. The maximum absolute atomic E-state index is 11.9. The first-order valence-corrected chi connectivity index (χ1v) is 8.28. The average molecular weight is 334 g/mol. The Morgan fingerprint density at radius 3 is 2.94 bits per heavy atom. The van der Waals surface area contributed by atoms with Gasteiger partial charge in [-0.25, -0.2) is 13.4 Å². The minimum atomic E-state index is -3.34. The summed E-state index contributed by atoms with van der Waals surface area (Å²) in [6, 6.07) is 3.49. The van der Waals surface area contributed by atoms with E-state index in [1.807, 2.05) is 6.92 Å². The average Bonchev–Trinajstić information content (AvgIpc) is 2.75. The Morgan fingerprint density at radius 1 is 1.56 bits per heavy atom. The summed E-state index contributed by atoms with van der Waals surface area (Å²) >= 11 is 3.33. The number of nitrogens with zero attached hydrogens (tertiary/aromatic N) is 1. The van der Waals surface area contributed by atoms with Crippen molar-refractivity contribution < 1.29 is 8.42 Å². The quantitative estimate of drug-likeness (QED) is 0.878. The van der Waals surface area contributed by atoms with Crippen LogP contribution in [0, 0.1) is 6.92 Å². The van der Waals surface area contributed by atoms with E-state index in [2.05, 4.69) is 31.0 Å². The highest BCUT2D eigenvalue weighted by Gasteiger charge is 2.22. The number of rotatable bonds is 4. The summed E-state index contributed by atoms with van der Waals surface area (Å²) in [6.45, 7) is 2.72. The van der Waals surface area contributed by atoms with Gasteiger partial charge >= 0.3 is 0 Å². The molecule has 0 saturated carbocycles. The van der Waals surface area contributed by atoms with Gasteiger partial charge in [0.25, 0.3) is 0 Å². The Balaban J connectivity index is 2.04. The topological polar surface area (TPSA) is 71.1 Å². The Morgan fingerprint density at radius 2 is 2.33 bits per heavy atom. The normalized spacial score (nSPS) is 20.0. The predicted octanol–water partition coefficient (Wildman–Crippen LogP) is 1.65. The van der Waals surface area contributed by atoms with E-state index in [0.29, 0.717) is 5.82 Å². The van der Waals surface area contributed by atoms with E-state index in [9.17, 15) is 8.42 Å². The first-order chi connectivity index (χ1) is 8.46. The van der Waals surface area contributed by atoms with Crippen molar-refractivity contribution in [2.75, 3.05) is 17.0 Å². The minimum absolute atomic E-state index is 0.0547. The van der Waals surface area contributed by atoms with E-state index in [0.717, 1.165) is 29.6 Å². The van der Waals surface area contributed by atoms with E-state index < -0.39 is 10.0 Å². The first-order valence-electron chi connectivity index (χ1n) is 5.83. The van der Waals surface area contributed by atoms with Crippen molar-refractivity contribution >= 4 is 31.8 Å². The second-order valence-electron chi connectivity index (χ2n) is 4.44. The molecule has 5 nitrogen and oxygen atoms in total. The van der Waals surface area contributed by atoms with Crippen molar-refractivity contribution in [2.24, 2.45) is 0 Å². The third-order valence-electron chi connectivity index (χ3n) is 2.86. The molecule has 0 spiro atoms. The largest absolute Gasteiger partial charge is 0.313 e. The molecule has 1 aliphatic heterocycles. The molecule has 1 aromatic heterocycles. The van der Waals surface area contributed by atoms with Crippen molar-refractivity contribution in [1.29, 1.82) is 0 Å². The Bertz CT molecular complexity index is 527. The lowest BCUT2D eigenvalue weighted by Crippen LogP contribution is -2.33. The summed E-state index contributed by atoms with van der Waals surface area (Å²) in [5, 5.41) is 3.17. The Kier molecular flexibility index (Phi) is 4.24. The van der Waals surface area contributed by atoms with Crippen LogP contribution < -0.4 is 10.0 Å². The molecule has 1 atom stereocenters. The van der Waals surface area contributed by atoms with Crippen LogP contribution in [0.5, 0.6) is 0 Å². The summed E-state index contributed by atoms with van der Waals surface area (Å²) in [7, 11) is -3.34. The van der Waals surface area contributed by atoms with Gasteiger partial charge in [-0.3, -0.25) is 4.72 Å². The van der Waals surface area contributed by atoms with Crippen LogP contribution in [0.1, 0.15) is 18.5 Å². The van der Waals surface area contributed by atoms with E-state index in [1.54, 1.807) is 12.1 Å². The molecule has 1 aliphatic rings. The van der Waals surface area contributed by atoms with E-state index in [4.69, 9.17) is 0 Å². The van der Waals surface area contributed by atoms with Crippen LogP contribution in [-0.4, -0.2) is 31.7 Å². The fourth-order valence-corrected chi connectivity index (χ4v) is 3.52. The molecule has 2 rings (SSSR count). The SMILES string of the molecule is Cc1nc(NS(=O)(=O)CC2CCCN2)ccc1Br. The van der Waals surface area contributed by atoms with Gasteiger partial charge in [-0.2, -0.15) is 0 Å². The summed E-state index contributed by atoms with van der Waals surface area (Å²) in [5.41, 5.74) is 0.759. The van der Waals surface area contributed by atoms with Gasteiger partial charge in [0.1, 0.15) is 5.82 Å². The molecule has 0 radical (unpaired) electrons. The second-order valence-corrected chi connectivity index (χ2v) is 7.06. The first kappa shape index (κ1) is 13.8. The van der Waals surface area contributed by atoms with Gasteiger partial charge in [0.05, 0.1) is 11.4 Å². The van der Waals surface area contributed by atoms with E-state index in [1.165, 1.54) is 0 Å². The number of anilines is 1. The van der Waals surface area contributed by atoms with Crippen molar-refractivity contribution in [3.05, 3.63) is 22.3 Å². The van der Waals surface area contributed by atoms with Crippen LogP contribution in [0.4, 0.5) is 5.82 Å².